The second-order valence-electron chi connectivity index (χ2n) is 9.16. The molecule has 2 aliphatic rings. The van der Waals surface area contributed by atoms with E-state index < -0.39 is 0 Å². The molecule has 5 rings (SSSR count). The molecule has 1 amide bonds. The van der Waals surface area contributed by atoms with Crippen molar-refractivity contribution >= 4 is 23.4 Å². The first-order valence-electron chi connectivity index (χ1n) is 12.4. The number of hydrogen-bond donors (Lipinski definition) is 1. The van der Waals surface area contributed by atoms with Crippen molar-refractivity contribution in [1.29, 1.82) is 0 Å². The van der Waals surface area contributed by atoms with E-state index in [-0.39, 0.29) is 11.9 Å². The van der Waals surface area contributed by atoms with E-state index in [0.717, 1.165) is 50.6 Å². The van der Waals surface area contributed by atoms with Crippen LogP contribution < -0.4 is 15.0 Å². The van der Waals surface area contributed by atoms with E-state index in [0.29, 0.717) is 6.42 Å². The quantitative estimate of drug-likeness (QED) is 0.502. The summed E-state index contributed by atoms with van der Waals surface area (Å²) in [5.74, 6) is 1.95. The van der Waals surface area contributed by atoms with Crippen LogP contribution in [0.15, 0.2) is 77.7 Å². The average molecular weight is 488 g/mol. The monoisotopic (exact) mass is 487 g/mol. The Morgan fingerprint density at radius 2 is 1.66 bits per heavy atom. The molecule has 3 aromatic carbocycles. The van der Waals surface area contributed by atoms with Gasteiger partial charge in [-0.15, -0.1) is 11.8 Å². The van der Waals surface area contributed by atoms with E-state index in [9.17, 15) is 4.79 Å². The summed E-state index contributed by atoms with van der Waals surface area (Å²) >= 11 is 1.85. The third-order valence-electron chi connectivity index (χ3n) is 6.97. The van der Waals surface area contributed by atoms with E-state index in [1.165, 1.54) is 27.3 Å². The number of piperazine rings is 1. The maximum absolute atomic E-state index is 13.0. The molecular formula is C29H33N3O2S. The Balaban J connectivity index is 1.13. The predicted molar refractivity (Wildman–Crippen MR) is 143 cm³/mol. The Hall–Kier alpha value is -2.96. The average Bonchev–Trinajstić information content (AvgIpc) is 3.06. The van der Waals surface area contributed by atoms with Gasteiger partial charge in [-0.3, -0.25) is 9.69 Å². The highest BCUT2D eigenvalue weighted by Crippen LogP contribution is 2.39. The molecule has 2 heterocycles. The van der Waals surface area contributed by atoms with E-state index in [1.54, 1.807) is 7.11 Å². The lowest BCUT2D eigenvalue weighted by molar-refractivity contribution is -0.121. The number of anilines is 1. The molecule has 1 N–H and O–H groups in total. The van der Waals surface area contributed by atoms with Crippen molar-refractivity contribution in [1.82, 2.24) is 10.2 Å². The molecule has 0 spiro atoms. The van der Waals surface area contributed by atoms with Crippen molar-refractivity contribution in [2.75, 3.05) is 44.7 Å². The number of ether oxygens (including phenoxy) is 1. The van der Waals surface area contributed by atoms with Crippen molar-refractivity contribution in [3.05, 3.63) is 89.5 Å². The first kappa shape index (κ1) is 23.8. The zero-order valence-electron chi connectivity index (χ0n) is 20.3. The van der Waals surface area contributed by atoms with Gasteiger partial charge in [0.1, 0.15) is 5.75 Å². The Morgan fingerprint density at radius 1 is 0.943 bits per heavy atom. The van der Waals surface area contributed by atoms with E-state index in [1.807, 2.05) is 23.9 Å². The number of nitrogens with one attached hydrogen (secondary N) is 1. The summed E-state index contributed by atoms with van der Waals surface area (Å²) in [4.78, 5) is 19.2. The Morgan fingerprint density at radius 3 is 2.43 bits per heavy atom. The summed E-state index contributed by atoms with van der Waals surface area (Å²) in [5, 5.41) is 3.36. The van der Waals surface area contributed by atoms with Gasteiger partial charge >= 0.3 is 0 Å². The van der Waals surface area contributed by atoms with E-state index in [4.69, 9.17) is 4.74 Å². The highest BCUT2D eigenvalue weighted by molar-refractivity contribution is 7.98. The molecule has 2 aliphatic heterocycles. The van der Waals surface area contributed by atoms with Gasteiger partial charge in [-0.05, 0) is 60.0 Å². The minimum absolute atomic E-state index is 0.0852. The second-order valence-corrected chi connectivity index (χ2v) is 10.2. The third-order valence-corrected chi connectivity index (χ3v) is 8.11. The van der Waals surface area contributed by atoms with E-state index in [2.05, 4.69) is 75.8 Å². The molecule has 0 aromatic heterocycles. The highest BCUT2D eigenvalue weighted by atomic mass is 32.2. The first-order valence-corrected chi connectivity index (χ1v) is 13.4. The number of carbonyl (C=O) groups excluding carboxylic acids is 1. The molecule has 1 fully saturated rings. The van der Waals surface area contributed by atoms with Crippen LogP contribution in [0.2, 0.25) is 0 Å². The van der Waals surface area contributed by atoms with Gasteiger partial charge in [0.2, 0.25) is 5.91 Å². The number of benzene rings is 3. The zero-order chi connectivity index (χ0) is 24.0. The number of thioether (sulfide) groups is 1. The maximum Gasteiger partial charge on any atom is 0.220 e. The molecule has 182 valence electrons. The smallest absolute Gasteiger partial charge is 0.220 e. The largest absolute Gasteiger partial charge is 0.497 e. The third kappa shape index (κ3) is 5.65. The molecule has 0 saturated carbocycles. The molecule has 1 atom stereocenters. The minimum atomic E-state index is -0.0852. The molecular weight excluding hydrogens is 454 g/mol. The van der Waals surface area contributed by atoms with Gasteiger partial charge in [0.15, 0.2) is 0 Å². The normalized spacial score (nSPS) is 17.7. The van der Waals surface area contributed by atoms with Gasteiger partial charge in [0.05, 0.1) is 13.2 Å². The number of nitrogens with zero attached hydrogens (tertiary/aromatic N) is 2. The SMILES string of the molecule is COc1ccc(N2CCN(CCCC(=O)NC3c4ccccc4CSc4ccccc43)CC2)cc1. The fourth-order valence-electron chi connectivity index (χ4n) is 5.00. The fraction of sp³-hybridized carbons (Fsp3) is 0.345. The predicted octanol–water partition coefficient (Wildman–Crippen LogP) is 5.11. The minimum Gasteiger partial charge on any atom is -0.497 e. The Labute approximate surface area is 212 Å². The van der Waals surface area contributed by atoms with Crippen molar-refractivity contribution in [3.8, 4) is 5.75 Å². The number of fused-ring (bicyclic) bond motifs is 2. The summed E-state index contributed by atoms with van der Waals surface area (Å²) in [6, 6.07) is 25.2. The Kier molecular flexibility index (Phi) is 7.60. The topological polar surface area (TPSA) is 44.8 Å². The summed E-state index contributed by atoms with van der Waals surface area (Å²) in [7, 11) is 1.70. The van der Waals surface area contributed by atoms with Crippen LogP contribution in [0.1, 0.15) is 35.6 Å². The lowest BCUT2D eigenvalue weighted by atomic mass is 9.95. The molecule has 0 bridgehead atoms. The van der Waals surface area contributed by atoms with Gasteiger partial charge in [-0.2, -0.15) is 0 Å². The van der Waals surface area contributed by atoms with Crippen LogP contribution in [0, 0.1) is 0 Å². The lowest BCUT2D eigenvalue weighted by Gasteiger charge is -2.36. The van der Waals surface area contributed by atoms with Crippen LogP contribution in [0.5, 0.6) is 5.75 Å². The summed E-state index contributed by atoms with van der Waals surface area (Å²) in [6.07, 6.45) is 1.42. The van der Waals surface area contributed by atoms with Gasteiger partial charge in [-0.1, -0.05) is 42.5 Å². The van der Waals surface area contributed by atoms with E-state index >= 15 is 0 Å². The fourth-order valence-corrected chi connectivity index (χ4v) is 6.10. The number of methoxy groups -OCH3 is 1. The summed E-state index contributed by atoms with van der Waals surface area (Å²) in [6.45, 7) is 5.01. The number of amides is 1. The standard InChI is InChI=1S/C29H33N3O2S/c1-34-24-14-12-23(13-15-24)32-19-17-31(18-20-32)16-6-11-28(33)30-29-25-8-3-2-7-22(25)21-35-27-10-5-4-9-26(27)29/h2-5,7-10,12-15,29H,6,11,16-21H2,1H3,(H,30,33). The molecule has 1 unspecified atom stereocenters. The highest BCUT2D eigenvalue weighted by Gasteiger charge is 2.25. The number of carbonyl (C=O) groups is 1. The molecule has 3 aromatic rings. The van der Waals surface area contributed by atoms with Gasteiger partial charge in [0, 0.05) is 48.9 Å². The Bertz CT molecular complexity index is 1100. The lowest BCUT2D eigenvalue weighted by Crippen LogP contribution is -2.46. The van der Waals surface area contributed by atoms with Crippen LogP contribution in [0.25, 0.3) is 0 Å². The zero-order valence-corrected chi connectivity index (χ0v) is 21.1. The van der Waals surface area contributed by atoms with Crippen molar-refractivity contribution in [2.45, 2.75) is 29.5 Å². The first-order chi connectivity index (χ1) is 17.2. The van der Waals surface area contributed by atoms with Gasteiger partial charge in [0.25, 0.3) is 0 Å². The van der Waals surface area contributed by atoms with Crippen molar-refractivity contribution in [2.24, 2.45) is 0 Å². The number of rotatable bonds is 7. The molecule has 0 aliphatic carbocycles. The molecule has 6 heteroatoms. The van der Waals surface area contributed by atoms with Gasteiger partial charge < -0.3 is 15.0 Å². The van der Waals surface area contributed by atoms with Crippen LogP contribution in [0.4, 0.5) is 5.69 Å². The molecule has 35 heavy (non-hydrogen) atoms. The summed E-state index contributed by atoms with van der Waals surface area (Å²) < 4.78 is 5.27. The second kappa shape index (κ2) is 11.2. The summed E-state index contributed by atoms with van der Waals surface area (Å²) in [5.41, 5.74) is 4.96. The van der Waals surface area contributed by atoms with Crippen molar-refractivity contribution in [3.63, 3.8) is 0 Å². The molecule has 0 radical (unpaired) electrons. The van der Waals surface area contributed by atoms with Crippen LogP contribution >= 0.6 is 11.8 Å². The number of hydrogen-bond acceptors (Lipinski definition) is 5. The molecule has 5 nitrogen and oxygen atoms in total. The van der Waals surface area contributed by atoms with Crippen LogP contribution in [-0.2, 0) is 10.5 Å². The van der Waals surface area contributed by atoms with Crippen molar-refractivity contribution < 1.29 is 9.53 Å². The van der Waals surface area contributed by atoms with Gasteiger partial charge in [-0.25, -0.2) is 0 Å². The maximum atomic E-state index is 13.0. The van der Waals surface area contributed by atoms with Crippen LogP contribution in [0.3, 0.4) is 0 Å². The molecule has 1 saturated heterocycles. The van der Waals surface area contributed by atoms with Crippen LogP contribution in [-0.4, -0.2) is 50.6 Å².